The number of nitrogens with one attached hydrogen (secondary N) is 1. The van der Waals surface area contributed by atoms with Gasteiger partial charge in [-0.1, -0.05) is 26.0 Å². The van der Waals surface area contributed by atoms with Gasteiger partial charge in [-0.15, -0.1) is 0 Å². The van der Waals surface area contributed by atoms with Crippen LogP contribution in [0.15, 0.2) is 27.4 Å². The summed E-state index contributed by atoms with van der Waals surface area (Å²) in [5.41, 5.74) is 0.864. The second-order valence-corrected chi connectivity index (χ2v) is 5.63. The summed E-state index contributed by atoms with van der Waals surface area (Å²) in [6, 6.07) is 4.80. The number of aromatic nitrogens is 1. The molecule has 0 spiro atoms. The van der Waals surface area contributed by atoms with Crippen LogP contribution in [0.2, 0.25) is 0 Å². The molecule has 0 amide bonds. The normalized spacial score (nSPS) is 12.4. The maximum atomic E-state index is 12.1. The van der Waals surface area contributed by atoms with Crippen molar-refractivity contribution in [3.63, 3.8) is 0 Å². The molecule has 0 aliphatic rings. The van der Waals surface area contributed by atoms with E-state index in [1.54, 1.807) is 6.07 Å². The van der Waals surface area contributed by atoms with Crippen LogP contribution in [0.1, 0.15) is 25.8 Å². The maximum Gasteiger partial charge on any atom is 0.348 e. The molecule has 0 bridgehead atoms. The Morgan fingerprint density at radius 1 is 1.41 bits per heavy atom. The van der Waals surface area contributed by atoms with Gasteiger partial charge in [-0.05, 0) is 30.9 Å². The molecule has 0 saturated heterocycles. The quantitative estimate of drug-likeness (QED) is 0.855. The van der Waals surface area contributed by atoms with Crippen molar-refractivity contribution < 1.29 is 13.9 Å². The molecule has 0 radical (unpaired) electrons. The van der Waals surface area contributed by atoms with Crippen molar-refractivity contribution in [3.8, 4) is 0 Å². The first-order chi connectivity index (χ1) is 10.4. The third-order valence-corrected chi connectivity index (χ3v) is 3.36. The van der Waals surface area contributed by atoms with E-state index < -0.39 is 17.6 Å². The molecule has 0 aliphatic heterocycles. The van der Waals surface area contributed by atoms with Crippen LogP contribution in [-0.2, 0) is 9.53 Å². The molecule has 118 valence electrons. The zero-order chi connectivity index (χ0) is 16.3. The second kappa shape index (κ2) is 6.60. The average molecular weight is 304 g/mol. The Hall–Kier alpha value is -2.37. The first-order valence-electron chi connectivity index (χ1n) is 7.17. The average Bonchev–Trinajstić information content (AvgIpc) is 2.45. The number of fused-ring (bicyclic) bond motifs is 1. The third-order valence-electron chi connectivity index (χ3n) is 3.36. The van der Waals surface area contributed by atoms with Crippen molar-refractivity contribution >= 4 is 22.9 Å². The van der Waals surface area contributed by atoms with Gasteiger partial charge in [0.15, 0.2) is 0 Å². The highest BCUT2D eigenvalue weighted by Crippen LogP contribution is 2.17. The van der Waals surface area contributed by atoms with Crippen LogP contribution in [-0.4, -0.2) is 24.1 Å². The Labute approximate surface area is 128 Å². The Morgan fingerprint density at radius 2 is 2.14 bits per heavy atom. The molecule has 6 nitrogen and oxygen atoms in total. The van der Waals surface area contributed by atoms with E-state index in [4.69, 9.17) is 9.15 Å². The summed E-state index contributed by atoms with van der Waals surface area (Å²) in [6.07, 6.45) is 0.546. The molecule has 0 saturated carbocycles. The van der Waals surface area contributed by atoms with Gasteiger partial charge in [-0.2, -0.15) is 4.98 Å². The third kappa shape index (κ3) is 3.44. The van der Waals surface area contributed by atoms with Crippen LogP contribution >= 0.6 is 0 Å². The highest BCUT2D eigenvalue weighted by molar-refractivity contribution is 5.82. The molecule has 1 heterocycles. The Balaban J connectivity index is 2.38. The number of ether oxygens (including phenoxy) is 1. The van der Waals surface area contributed by atoms with E-state index in [1.165, 1.54) is 7.11 Å². The van der Waals surface area contributed by atoms with Gasteiger partial charge < -0.3 is 14.5 Å². The van der Waals surface area contributed by atoms with Crippen LogP contribution < -0.4 is 10.9 Å². The van der Waals surface area contributed by atoms with Gasteiger partial charge in [-0.3, -0.25) is 0 Å². The number of rotatable bonds is 5. The van der Waals surface area contributed by atoms with E-state index in [1.807, 2.05) is 32.9 Å². The predicted molar refractivity (Wildman–Crippen MR) is 83.9 cm³/mol. The fourth-order valence-corrected chi connectivity index (χ4v) is 2.32. The van der Waals surface area contributed by atoms with E-state index in [-0.39, 0.29) is 11.9 Å². The number of esters is 1. The fourth-order valence-electron chi connectivity index (χ4n) is 2.32. The summed E-state index contributed by atoms with van der Waals surface area (Å²) in [6.45, 7) is 5.81. The van der Waals surface area contributed by atoms with Gasteiger partial charge >= 0.3 is 11.6 Å². The van der Waals surface area contributed by atoms with Crippen LogP contribution in [0.25, 0.3) is 10.9 Å². The number of anilines is 1. The molecule has 1 atom stereocenters. The van der Waals surface area contributed by atoms with E-state index >= 15 is 0 Å². The lowest BCUT2D eigenvalue weighted by molar-refractivity contribution is -0.141. The monoisotopic (exact) mass is 304 g/mol. The lowest BCUT2D eigenvalue weighted by Gasteiger charge is -2.17. The molecule has 0 aliphatic carbocycles. The van der Waals surface area contributed by atoms with Gasteiger partial charge in [0, 0.05) is 0 Å². The van der Waals surface area contributed by atoms with Gasteiger partial charge in [0.05, 0.1) is 18.0 Å². The first kappa shape index (κ1) is 16.0. The van der Waals surface area contributed by atoms with E-state index in [0.717, 1.165) is 5.56 Å². The Bertz CT molecular complexity index is 736. The van der Waals surface area contributed by atoms with Gasteiger partial charge in [0.25, 0.3) is 6.01 Å². The SMILES string of the molecule is COC(=O)C(CC(C)C)Nc1nc2cccc(C)c2c(=O)o1. The molecule has 1 unspecified atom stereocenters. The van der Waals surface area contributed by atoms with Crippen LogP contribution in [0.3, 0.4) is 0 Å². The number of carbonyl (C=O) groups excluding carboxylic acids is 1. The van der Waals surface area contributed by atoms with Crippen LogP contribution in [0.5, 0.6) is 0 Å². The smallest absolute Gasteiger partial charge is 0.348 e. The van der Waals surface area contributed by atoms with Gasteiger partial charge in [0.2, 0.25) is 0 Å². The molecular weight excluding hydrogens is 284 g/mol. The van der Waals surface area contributed by atoms with E-state index in [2.05, 4.69) is 10.3 Å². The summed E-state index contributed by atoms with van der Waals surface area (Å²) in [4.78, 5) is 28.2. The number of aryl methyl sites for hydroxylation is 1. The standard InChI is InChI=1S/C16H20N2O4/c1-9(2)8-12(14(19)21-4)18-16-17-11-7-5-6-10(3)13(11)15(20)22-16/h5-7,9,12H,8H2,1-4H3,(H,17,18). The van der Waals surface area contributed by atoms with Crippen LogP contribution in [0.4, 0.5) is 6.01 Å². The largest absolute Gasteiger partial charge is 0.467 e. The number of methoxy groups -OCH3 is 1. The predicted octanol–water partition coefficient (Wildman–Crippen LogP) is 2.50. The zero-order valence-corrected chi connectivity index (χ0v) is 13.2. The van der Waals surface area contributed by atoms with E-state index in [0.29, 0.717) is 17.3 Å². The highest BCUT2D eigenvalue weighted by Gasteiger charge is 2.22. The van der Waals surface area contributed by atoms with Crippen LogP contribution in [0, 0.1) is 12.8 Å². The second-order valence-electron chi connectivity index (χ2n) is 5.63. The molecule has 2 aromatic rings. The number of carbonyl (C=O) groups is 1. The minimum absolute atomic E-state index is 0.0270. The molecule has 1 aromatic carbocycles. The number of hydrogen-bond acceptors (Lipinski definition) is 6. The molecule has 22 heavy (non-hydrogen) atoms. The van der Waals surface area contributed by atoms with Crippen molar-refractivity contribution in [3.05, 3.63) is 34.2 Å². The molecule has 2 rings (SSSR count). The fraction of sp³-hybridized carbons (Fsp3) is 0.438. The molecule has 1 N–H and O–H groups in total. The number of benzene rings is 1. The number of nitrogens with zero attached hydrogens (tertiary/aromatic N) is 1. The van der Waals surface area contributed by atoms with E-state index in [9.17, 15) is 9.59 Å². The van der Waals surface area contributed by atoms with Crippen molar-refractivity contribution in [2.24, 2.45) is 5.92 Å². The van der Waals surface area contributed by atoms with Crippen molar-refractivity contribution in [1.29, 1.82) is 0 Å². The molecule has 6 heteroatoms. The molecule has 1 aromatic heterocycles. The molecular formula is C16H20N2O4. The summed E-state index contributed by atoms with van der Waals surface area (Å²) in [7, 11) is 1.32. The topological polar surface area (TPSA) is 81.4 Å². The Kier molecular flexibility index (Phi) is 4.80. The number of hydrogen-bond donors (Lipinski definition) is 1. The molecule has 0 fully saturated rings. The first-order valence-corrected chi connectivity index (χ1v) is 7.17. The van der Waals surface area contributed by atoms with Crippen molar-refractivity contribution in [1.82, 2.24) is 4.98 Å². The lowest BCUT2D eigenvalue weighted by Crippen LogP contribution is -2.32. The van der Waals surface area contributed by atoms with Crippen molar-refractivity contribution in [2.45, 2.75) is 33.2 Å². The lowest BCUT2D eigenvalue weighted by atomic mass is 10.0. The summed E-state index contributed by atoms with van der Waals surface area (Å²) in [5, 5.41) is 3.31. The zero-order valence-electron chi connectivity index (χ0n) is 13.2. The Morgan fingerprint density at radius 3 is 2.77 bits per heavy atom. The highest BCUT2D eigenvalue weighted by atomic mass is 16.5. The maximum absolute atomic E-state index is 12.1. The van der Waals surface area contributed by atoms with Gasteiger partial charge in [0.1, 0.15) is 6.04 Å². The summed E-state index contributed by atoms with van der Waals surface area (Å²) >= 11 is 0. The summed E-state index contributed by atoms with van der Waals surface area (Å²) in [5.74, 6) is -0.145. The van der Waals surface area contributed by atoms with Crippen molar-refractivity contribution in [2.75, 3.05) is 12.4 Å². The summed E-state index contributed by atoms with van der Waals surface area (Å²) < 4.78 is 9.97. The minimum atomic E-state index is -0.608. The van der Waals surface area contributed by atoms with Gasteiger partial charge in [-0.25, -0.2) is 9.59 Å². The minimum Gasteiger partial charge on any atom is -0.467 e.